The summed E-state index contributed by atoms with van der Waals surface area (Å²) in [5.74, 6) is -0.00757. The first-order chi connectivity index (χ1) is 12.3. The quantitative estimate of drug-likeness (QED) is 0.877. The van der Waals surface area contributed by atoms with E-state index in [4.69, 9.17) is 0 Å². The predicted octanol–water partition coefficient (Wildman–Crippen LogP) is 3.51. The molecule has 0 radical (unpaired) electrons. The number of alkyl halides is 3. The van der Waals surface area contributed by atoms with Crippen molar-refractivity contribution in [3.63, 3.8) is 0 Å². The van der Waals surface area contributed by atoms with Crippen molar-refractivity contribution in [3.05, 3.63) is 28.7 Å². The van der Waals surface area contributed by atoms with Gasteiger partial charge in [0.05, 0.1) is 0 Å². The van der Waals surface area contributed by atoms with Gasteiger partial charge in [0.2, 0.25) is 5.91 Å². The number of halogens is 3. The summed E-state index contributed by atoms with van der Waals surface area (Å²) in [6.45, 7) is 6.24. The van der Waals surface area contributed by atoms with E-state index < -0.39 is 23.8 Å². The van der Waals surface area contributed by atoms with Crippen LogP contribution < -0.4 is 5.32 Å². The Morgan fingerprint density at radius 1 is 1.31 bits per heavy atom. The first-order valence-electron chi connectivity index (χ1n) is 8.79. The second-order valence-electron chi connectivity index (χ2n) is 6.47. The Bertz CT molecular complexity index is 821. The summed E-state index contributed by atoms with van der Waals surface area (Å²) in [7, 11) is 0. The van der Waals surface area contributed by atoms with Gasteiger partial charge in [-0.1, -0.05) is 6.92 Å². The first kappa shape index (κ1) is 18.5. The predicted molar refractivity (Wildman–Crippen MR) is 89.8 cm³/mol. The lowest BCUT2D eigenvalue weighted by Gasteiger charge is -2.17. The van der Waals surface area contributed by atoms with Gasteiger partial charge in [0, 0.05) is 29.6 Å². The molecular weight excluding hydrogens is 347 g/mol. The molecule has 1 aliphatic rings. The fraction of sp³-hybridized carbons (Fsp3) is 0.588. The standard InChI is InChI=1S/C17H22F3N5O/c1-4-12(16(26)21-14-9-10(3)24(5-2)22-14)25-13-8-6-7-11(13)15(23-25)17(18,19)20/h9,12H,4-8H2,1-3H3,(H,21,22,26)/t12-/m1/s1. The first-order valence-corrected chi connectivity index (χ1v) is 8.79. The Kier molecular flexibility index (Phi) is 4.81. The highest BCUT2D eigenvalue weighted by atomic mass is 19.4. The maximum Gasteiger partial charge on any atom is 0.435 e. The molecule has 26 heavy (non-hydrogen) atoms. The van der Waals surface area contributed by atoms with Crippen molar-refractivity contribution in [1.29, 1.82) is 0 Å². The van der Waals surface area contributed by atoms with E-state index in [0.29, 0.717) is 43.7 Å². The molecule has 9 heteroatoms. The van der Waals surface area contributed by atoms with Gasteiger partial charge >= 0.3 is 6.18 Å². The van der Waals surface area contributed by atoms with Crippen LogP contribution in [0, 0.1) is 6.92 Å². The van der Waals surface area contributed by atoms with Gasteiger partial charge in [0.15, 0.2) is 11.5 Å². The third-order valence-electron chi connectivity index (χ3n) is 4.74. The van der Waals surface area contributed by atoms with E-state index in [2.05, 4.69) is 15.5 Å². The lowest BCUT2D eigenvalue weighted by atomic mass is 10.1. The third-order valence-corrected chi connectivity index (χ3v) is 4.74. The topological polar surface area (TPSA) is 64.7 Å². The number of aromatic nitrogens is 4. The number of aryl methyl sites for hydroxylation is 2. The highest BCUT2D eigenvalue weighted by Crippen LogP contribution is 2.38. The number of hydrogen-bond donors (Lipinski definition) is 1. The zero-order chi connectivity index (χ0) is 19.1. The molecular formula is C17H22F3N5O. The van der Waals surface area contributed by atoms with Gasteiger partial charge in [-0.05, 0) is 39.5 Å². The maximum absolute atomic E-state index is 13.3. The van der Waals surface area contributed by atoms with E-state index in [-0.39, 0.29) is 5.56 Å². The van der Waals surface area contributed by atoms with Crippen LogP contribution in [0.15, 0.2) is 6.07 Å². The molecule has 2 aromatic rings. The fourth-order valence-electron chi connectivity index (χ4n) is 3.52. The number of carbonyl (C=O) groups is 1. The van der Waals surface area contributed by atoms with Gasteiger partial charge in [-0.25, -0.2) is 0 Å². The molecule has 0 spiro atoms. The number of nitrogens with one attached hydrogen (secondary N) is 1. The van der Waals surface area contributed by atoms with Crippen molar-refractivity contribution in [2.24, 2.45) is 0 Å². The second-order valence-corrected chi connectivity index (χ2v) is 6.47. The highest BCUT2D eigenvalue weighted by molar-refractivity contribution is 5.92. The summed E-state index contributed by atoms with van der Waals surface area (Å²) in [6.07, 6.45) is -2.67. The molecule has 0 saturated heterocycles. The summed E-state index contributed by atoms with van der Waals surface area (Å²) in [6, 6.07) is 0.938. The molecule has 2 aromatic heterocycles. The van der Waals surface area contributed by atoms with E-state index in [9.17, 15) is 18.0 Å². The van der Waals surface area contributed by atoms with Crippen molar-refractivity contribution >= 4 is 11.7 Å². The molecule has 0 bridgehead atoms. The zero-order valence-corrected chi connectivity index (χ0v) is 15.0. The van der Waals surface area contributed by atoms with Gasteiger partial charge in [-0.2, -0.15) is 23.4 Å². The van der Waals surface area contributed by atoms with E-state index >= 15 is 0 Å². The Labute approximate surface area is 149 Å². The molecule has 1 amide bonds. The summed E-state index contributed by atoms with van der Waals surface area (Å²) >= 11 is 0. The van der Waals surface area contributed by atoms with Crippen LogP contribution in [0.2, 0.25) is 0 Å². The van der Waals surface area contributed by atoms with Gasteiger partial charge < -0.3 is 5.32 Å². The molecule has 1 N–H and O–H groups in total. The Hall–Kier alpha value is -2.32. The van der Waals surface area contributed by atoms with Crippen molar-refractivity contribution in [2.45, 2.75) is 65.2 Å². The van der Waals surface area contributed by atoms with E-state index in [1.807, 2.05) is 13.8 Å². The van der Waals surface area contributed by atoms with Crippen molar-refractivity contribution in [2.75, 3.05) is 5.32 Å². The average Bonchev–Trinajstić information content (AvgIpc) is 3.23. The summed E-state index contributed by atoms with van der Waals surface area (Å²) < 4.78 is 42.8. The van der Waals surface area contributed by atoms with Crippen LogP contribution >= 0.6 is 0 Å². The minimum atomic E-state index is -4.51. The SMILES string of the molecule is CC[C@H](C(=O)Nc1cc(C)n(CC)n1)n1nc(C(F)(F)F)c2c1CCC2. The molecule has 2 heterocycles. The van der Waals surface area contributed by atoms with Crippen LogP contribution in [-0.4, -0.2) is 25.5 Å². The molecule has 0 unspecified atom stereocenters. The number of hydrogen-bond acceptors (Lipinski definition) is 3. The number of rotatable bonds is 5. The smallest absolute Gasteiger partial charge is 0.307 e. The monoisotopic (exact) mass is 369 g/mol. The van der Waals surface area contributed by atoms with Gasteiger partial charge in [0.25, 0.3) is 0 Å². The Balaban J connectivity index is 1.90. The number of anilines is 1. The molecule has 6 nitrogen and oxygen atoms in total. The minimum Gasteiger partial charge on any atom is -0.307 e. The van der Waals surface area contributed by atoms with Crippen molar-refractivity contribution in [3.8, 4) is 0 Å². The van der Waals surface area contributed by atoms with Crippen molar-refractivity contribution < 1.29 is 18.0 Å². The van der Waals surface area contributed by atoms with Crippen LogP contribution in [0.5, 0.6) is 0 Å². The second kappa shape index (κ2) is 6.77. The number of amides is 1. The summed E-state index contributed by atoms with van der Waals surface area (Å²) in [5, 5.41) is 10.8. The van der Waals surface area contributed by atoms with Crippen LogP contribution in [0.4, 0.5) is 19.0 Å². The van der Waals surface area contributed by atoms with E-state index in [0.717, 1.165) is 5.69 Å². The molecule has 3 rings (SSSR count). The molecule has 0 fully saturated rings. The normalized spacial score (nSPS) is 15.2. The summed E-state index contributed by atoms with van der Waals surface area (Å²) in [5.41, 5.74) is 0.794. The zero-order valence-electron chi connectivity index (χ0n) is 15.0. The number of fused-ring (bicyclic) bond motifs is 1. The molecule has 0 saturated carbocycles. The van der Waals surface area contributed by atoms with E-state index in [1.54, 1.807) is 17.7 Å². The van der Waals surface area contributed by atoms with Gasteiger partial charge in [-0.15, -0.1) is 0 Å². The van der Waals surface area contributed by atoms with Crippen LogP contribution in [0.25, 0.3) is 0 Å². The molecule has 0 aromatic carbocycles. The average molecular weight is 369 g/mol. The molecule has 1 aliphatic carbocycles. The lowest BCUT2D eigenvalue weighted by Crippen LogP contribution is -2.28. The number of carbonyl (C=O) groups excluding carboxylic acids is 1. The Morgan fingerprint density at radius 3 is 2.62 bits per heavy atom. The van der Waals surface area contributed by atoms with Gasteiger partial charge in [-0.3, -0.25) is 14.2 Å². The summed E-state index contributed by atoms with van der Waals surface area (Å²) in [4.78, 5) is 12.7. The Morgan fingerprint density at radius 2 is 2.04 bits per heavy atom. The highest BCUT2D eigenvalue weighted by Gasteiger charge is 2.41. The van der Waals surface area contributed by atoms with Crippen LogP contribution in [0.1, 0.15) is 55.4 Å². The fourth-order valence-corrected chi connectivity index (χ4v) is 3.52. The molecule has 142 valence electrons. The van der Waals surface area contributed by atoms with E-state index in [1.165, 1.54) is 4.68 Å². The minimum absolute atomic E-state index is 0.231. The molecule has 0 aliphatic heterocycles. The van der Waals surface area contributed by atoms with Crippen molar-refractivity contribution in [1.82, 2.24) is 19.6 Å². The lowest BCUT2D eigenvalue weighted by molar-refractivity contribution is -0.142. The number of nitrogens with zero attached hydrogens (tertiary/aromatic N) is 4. The molecule has 1 atom stereocenters. The largest absolute Gasteiger partial charge is 0.435 e. The van der Waals surface area contributed by atoms with Gasteiger partial charge in [0.1, 0.15) is 6.04 Å². The van der Waals surface area contributed by atoms with Crippen LogP contribution in [-0.2, 0) is 30.4 Å². The van der Waals surface area contributed by atoms with Crippen LogP contribution in [0.3, 0.4) is 0 Å². The third kappa shape index (κ3) is 3.22. The maximum atomic E-state index is 13.3.